The molecule has 0 saturated carbocycles. The molecule has 0 aromatic carbocycles. The molecule has 0 saturated heterocycles. The fourth-order valence-electron chi connectivity index (χ4n) is 1.04. The van der Waals surface area contributed by atoms with Crippen molar-refractivity contribution >= 4 is 5.82 Å². The molecule has 1 heterocycles. The standard InChI is InChI=1S/C10H16N2O/c1-2-3-4-8-13-10-7-5-6-9(11)12-10/h5-7H,2-4,8H2,1H3,(H2,11,12). The predicted octanol–water partition coefficient (Wildman–Crippen LogP) is 2.23. The fraction of sp³-hybridized carbons (Fsp3) is 0.500. The zero-order valence-electron chi connectivity index (χ0n) is 7.99. The smallest absolute Gasteiger partial charge is 0.215 e. The lowest BCUT2D eigenvalue weighted by Gasteiger charge is -2.04. The summed E-state index contributed by atoms with van der Waals surface area (Å²) in [4.78, 5) is 4.03. The first-order valence-electron chi connectivity index (χ1n) is 4.68. The van der Waals surface area contributed by atoms with Crippen LogP contribution in [0.5, 0.6) is 5.88 Å². The van der Waals surface area contributed by atoms with Gasteiger partial charge in [-0.05, 0) is 12.5 Å². The van der Waals surface area contributed by atoms with Crippen molar-refractivity contribution in [3.8, 4) is 5.88 Å². The van der Waals surface area contributed by atoms with E-state index < -0.39 is 0 Å². The number of hydrogen-bond acceptors (Lipinski definition) is 3. The fourth-order valence-corrected chi connectivity index (χ4v) is 1.04. The summed E-state index contributed by atoms with van der Waals surface area (Å²) in [6, 6.07) is 5.42. The molecule has 0 aliphatic heterocycles. The number of anilines is 1. The minimum absolute atomic E-state index is 0.507. The summed E-state index contributed by atoms with van der Waals surface area (Å²) in [7, 11) is 0. The summed E-state index contributed by atoms with van der Waals surface area (Å²) >= 11 is 0. The number of rotatable bonds is 5. The van der Waals surface area contributed by atoms with Crippen LogP contribution in [-0.2, 0) is 0 Å². The van der Waals surface area contributed by atoms with E-state index in [1.165, 1.54) is 12.8 Å². The average Bonchev–Trinajstić information content (AvgIpc) is 2.13. The van der Waals surface area contributed by atoms with Crippen molar-refractivity contribution in [1.29, 1.82) is 0 Å². The second kappa shape index (κ2) is 5.41. The molecular weight excluding hydrogens is 164 g/mol. The highest BCUT2D eigenvalue weighted by Gasteiger charge is 1.94. The average molecular weight is 180 g/mol. The highest BCUT2D eigenvalue weighted by atomic mass is 16.5. The van der Waals surface area contributed by atoms with Crippen LogP contribution in [0.4, 0.5) is 5.82 Å². The molecule has 13 heavy (non-hydrogen) atoms. The van der Waals surface area contributed by atoms with E-state index in [-0.39, 0.29) is 0 Å². The van der Waals surface area contributed by atoms with Crippen molar-refractivity contribution in [1.82, 2.24) is 4.98 Å². The number of nitrogens with two attached hydrogens (primary N) is 1. The summed E-state index contributed by atoms with van der Waals surface area (Å²) in [5.74, 6) is 1.13. The van der Waals surface area contributed by atoms with Crippen LogP contribution < -0.4 is 10.5 Å². The molecular formula is C10H16N2O. The van der Waals surface area contributed by atoms with Gasteiger partial charge in [0.15, 0.2) is 0 Å². The number of nitrogen functional groups attached to an aromatic ring is 1. The van der Waals surface area contributed by atoms with Crippen LogP contribution in [-0.4, -0.2) is 11.6 Å². The zero-order chi connectivity index (χ0) is 9.52. The van der Waals surface area contributed by atoms with Crippen molar-refractivity contribution in [3.63, 3.8) is 0 Å². The predicted molar refractivity (Wildman–Crippen MR) is 53.7 cm³/mol. The van der Waals surface area contributed by atoms with Crippen molar-refractivity contribution in [2.45, 2.75) is 26.2 Å². The molecule has 3 nitrogen and oxygen atoms in total. The van der Waals surface area contributed by atoms with Gasteiger partial charge >= 0.3 is 0 Å². The Morgan fingerprint density at radius 1 is 1.38 bits per heavy atom. The van der Waals surface area contributed by atoms with Gasteiger partial charge in [-0.3, -0.25) is 0 Å². The Morgan fingerprint density at radius 3 is 2.92 bits per heavy atom. The van der Waals surface area contributed by atoms with Gasteiger partial charge in [0.25, 0.3) is 0 Å². The molecule has 1 rings (SSSR count). The Labute approximate surface area is 78.9 Å². The van der Waals surface area contributed by atoms with Gasteiger partial charge in [-0.2, -0.15) is 4.98 Å². The highest BCUT2D eigenvalue weighted by Crippen LogP contribution is 2.09. The van der Waals surface area contributed by atoms with Crippen LogP contribution in [0.2, 0.25) is 0 Å². The molecule has 0 bridgehead atoms. The van der Waals surface area contributed by atoms with Gasteiger partial charge in [0.05, 0.1) is 6.61 Å². The second-order valence-electron chi connectivity index (χ2n) is 2.96. The van der Waals surface area contributed by atoms with E-state index in [1.54, 1.807) is 6.07 Å². The van der Waals surface area contributed by atoms with Crippen LogP contribution in [0.1, 0.15) is 26.2 Å². The molecule has 0 spiro atoms. The minimum Gasteiger partial charge on any atom is -0.478 e. The maximum atomic E-state index is 5.50. The van der Waals surface area contributed by atoms with Crippen LogP contribution in [0.15, 0.2) is 18.2 Å². The second-order valence-corrected chi connectivity index (χ2v) is 2.96. The van der Waals surface area contributed by atoms with E-state index >= 15 is 0 Å². The summed E-state index contributed by atoms with van der Waals surface area (Å²) in [5.41, 5.74) is 5.50. The van der Waals surface area contributed by atoms with E-state index in [1.807, 2.05) is 12.1 Å². The van der Waals surface area contributed by atoms with Crippen molar-refractivity contribution < 1.29 is 4.74 Å². The minimum atomic E-state index is 0.507. The third-order valence-electron chi connectivity index (χ3n) is 1.74. The topological polar surface area (TPSA) is 48.1 Å². The lowest BCUT2D eigenvalue weighted by molar-refractivity contribution is 0.295. The number of hydrogen-bond donors (Lipinski definition) is 1. The zero-order valence-corrected chi connectivity index (χ0v) is 7.99. The van der Waals surface area contributed by atoms with Gasteiger partial charge in [0.1, 0.15) is 5.82 Å². The molecule has 72 valence electrons. The molecule has 0 fully saturated rings. The maximum Gasteiger partial charge on any atom is 0.215 e. The third kappa shape index (κ3) is 3.78. The van der Waals surface area contributed by atoms with Crippen molar-refractivity contribution in [2.75, 3.05) is 12.3 Å². The Morgan fingerprint density at radius 2 is 2.23 bits per heavy atom. The first kappa shape index (κ1) is 9.84. The molecule has 3 heteroatoms. The number of nitrogens with zero attached hydrogens (tertiary/aromatic N) is 1. The molecule has 0 radical (unpaired) electrons. The normalized spacial score (nSPS) is 9.92. The Hall–Kier alpha value is -1.25. The molecule has 1 aromatic heterocycles. The van der Waals surface area contributed by atoms with Gasteiger partial charge < -0.3 is 10.5 Å². The largest absolute Gasteiger partial charge is 0.478 e. The quantitative estimate of drug-likeness (QED) is 0.707. The first-order chi connectivity index (χ1) is 6.33. The van der Waals surface area contributed by atoms with Crippen molar-refractivity contribution in [2.24, 2.45) is 0 Å². The molecule has 0 amide bonds. The molecule has 0 aliphatic rings. The van der Waals surface area contributed by atoms with Crippen molar-refractivity contribution in [3.05, 3.63) is 18.2 Å². The Kier molecular flexibility index (Phi) is 4.09. The van der Waals surface area contributed by atoms with Gasteiger partial charge in [-0.25, -0.2) is 0 Å². The van der Waals surface area contributed by atoms with Gasteiger partial charge in [-0.1, -0.05) is 25.8 Å². The summed E-state index contributed by atoms with van der Waals surface area (Å²) in [6.07, 6.45) is 3.48. The highest BCUT2D eigenvalue weighted by molar-refractivity contribution is 5.30. The van der Waals surface area contributed by atoms with E-state index in [4.69, 9.17) is 10.5 Å². The van der Waals surface area contributed by atoms with Crippen LogP contribution in [0, 0.1) is 0 Å². The third-order valence-corrected chi connectivity index (χ3v) is 1.74. The Balaban J connectivity index is 2.28. The first-order valence-corrected chi connectivity index (χ1v) is 4.68. The van der Waals surface area contributed by atoms with E-state index in [9.17, 15) is 0 Å². The van der Waals surface area contributed by atoms with E-state index in [0.29, 0.717) is 11.7 Å². The number of aromatic nitrogens is 1. The van der Waals surface area contributed by atoms with Gasteiger partial charge in [-0.15, -0.1) is 0 Å². The van der Waals surface area contributed by atoms with Crippen LogP contribution >= 0.6 is 0 Å². The number of unbranched alkanes of at least 4 members (excludes halogenated alkanes) is 2. The number of pyridine rings is 1. The summed E-state index contributed by atoms with van der Waals surface area (Å²) in [5, 5.41) is 0. The molecule has 1 aromatic rings. The van der Waals surface area contributed by atoms with Crippen LogP contribution in [0.3, 0.4) is 0 Å². The summed E-state index contributed by atoms with van der Waals surface area (Å²) < 4.78 is 5.40. The molecule has 2 N–H and O–H groups in total. The van der Waals surface area contributed by atoms with Crippen LogP contribution in [0.25, 0.3) is 0 Å². The van der Waals surface area contributed by atoms with Gasteiger partial charge in [0, 0.05) is 6.07 Å². The van der Waals surface area contributed by atoms with E-state index in [2.05, 4.69) is 11.9 Å². The SMILES string of the molecule is CCCCCOc1cccc(N)n1. The lowest BCUT2D eigenvalue weighted by atomic mass is 10.3. The van der Waals surface area contributed by atoms with E-state index in [0.717, 1.165) is 13.0 Å². The summed E-state index contributed by atoms with van der Waals surface area (Å²) in [6.45, 7) is 2.89. The molecule has 0 unspecified atom stereocenters. The van der Waals surface area contributed by atoms with Gasteiger partial charge in [0.2, 0.25) is 5.88 Å². The maximum absolute atomic E-state index is 5.50. The molecule has 0 atom stereocenters. The molecule has 0 aliphatic carbocycles. The number of ether oxygens (including phenoxy) is 1. The lowest BCUT2D eigenvalue weighted by Crippen LogP contribution is -2.00. The monoisotopic (exact) mass is 180 g/mol. The Bertz CT molecular complexity index is 250.